The van der Waals surface area contributed by atoms with Crippen molar-refractivity contribution in [2.75, 3.05) is 0 Å². The summed E-state index contributed by atoms with van der Waals surface area (Å²) in [5, 5.41) is 8.89. The van der Waals surface area contributed by atoms with Crippen molar-refractivity contribution in [2.45, 2.75) is 0 Å². The smallest absolute Gasteiger partial charge is 0.184 e. The minimum absolute atomic E-state index is 0.920. The molecule has 0 bridgehead atoms. The molecule has 4 nitrogen and oxygen atoms in total. The van der Waals surface area contributed by atoms with E-state index in [-0.39, 0.29) is 0 Å². The quantitative estimate of drug-likeness (QED) is 0.254. The van der Waals surface area contributed by atoms with E-state index >= 15 is 0 Å². The monoisotopic (exact) mass is 718 g/mol. The molecule has 2 aromatic rings. The Bertz CT molecular complexity index is 594. The van der Waals surface area contributed by atoms with E-state index in [2.05, 4.69) is 101 Å². The van der Waals surface area contributed by atoms with Gasteiger partial charge in [-0.15, -0.1) is 10.2 Å². The zero-order chi connectivity index (χ0) is 14.9. The molecule has 0 atom stereocenters. The number of nitrogens with zero attached hydrogens (tertiary/aromatic N) is 4. The van der Waals surface area contributed by atoms with Gasteiger partial charge in [-0.1, -0.05) is 0 Å². The first-order chi connectivity index (χ1) is 9.38. The maximum atomic E-state index is 4.45. The Balaban J connectivity index is 2.45. The average molecular weight is 718 g/mol. The van der Waals surface area contributed by atoms with Gasteiger partial charge < -0.3 is 0 Å². The van der Waals surface area contributed by atoms with E-state index in [1.807, 2.05) is 48.0 Å². The van der Waals surface area contributed by atoms with Crippen LogP contribution in [0.15, 0.2) is 35.0 Å². The van der Waals surface area contributed by atoms with Gasteiger partial charge in [-0.3, -0.25) is 0 Å². The summed E-state index contributed by atoms with van der Waals surface area (Å²) in [6.45, 7) is 0. The summed E-state index contributed by atoms with van der Waals surface area (Å²) < 4.78 is 8.41. The molecule has 0 aliphatic heterocycles. The zero-order valence-corrected chi connectivity index (χ0v) is 19.2. The maximum Gasteiger partial charge on any atom is 0.184 e. The molecule has 0 saturated heterocycles. The molecule has 2 rings (SSSR count). The Kier molecular flexibility index (Phi) is 6.35. The fourth-order valence-corrected chi connectivity index (χ4v) is 5.94. The van der Waals surface area contributed by atoms with Gasteiger partial charge in [0.1, 0.15) is 39.8 Å². The minimum atomic E-state index is 0.920. The van der Waals surface area contributed by atoms with E-state index in [4.69, 9.17) is 0 Å². The van der Waals surface area contributed by atoms with Gasteiger partial charge in [-0.2, -0.15) is 0 Å². The first-order valence-electron chi connectivity index (χ1n) is 5.49. The summed E-state index contributed by atoms with van der Waals surface area (Å²) in [5.74, 6) is 0. The minimum Gasteiger partial charge on any atom is -0.206 e. The van der Waals surface area contributed by atoms with E-state index in [0.717, 1.165) is 25.7 Å². The van der Waals surface area contributed by atoms with Crippen molar-refractivity contribution in [1.82, 2.24) is 0 Å². The molecule has 0 saturated carbocycles. The van der Waals surface area contributed by atoms with Gasteiger partial charge >= 0.3 is 0 Å². The van der Waals surface area contributed by atoms with E-state index in [1.54, 1.807) is 0 Å². The third-order valence-electron chi connectivity index (χ3n) is 2.42. The van der Waals surface area contributed by atoms with Crippen LogP contribution in [0.2, 0.25) is 0 Å². The summed E-state index contributed by atoms with van der Waals surface area (Å²) >= 11 is 9.16. The zero-order valence-electron chi connectivity index (χ0n) is 10.6. The summed E-state index contributed by atoms with van der Waals surface area (Å²) in [5.41, 5.74) is 1.84. The van der Waals surface area contributed by atoms with E-state index in [1.165, 1.54) is 0 Å². The molecule has 0 aromatic carbocycles. The molecule has 0 amide bonds. The molecule has 0 aliphatic carbocycles. The number of pyridine rings is 2. The second kappa shape index (κ2) is 7.39. The molecule has 2 heterocycles. The first-order valence-corrected chi connectivity index (χ1v) is 9.80. The van der Waals surface area contributed by atoms with Crippen molar-refractivity contribution in [1.29, 1.82) is 0 Å². The van der Waals surface area contributed by atoms with Crippen molar-refractivity contribution in [3.8, 4) is 0 Å². The number of azo groups is 1. The van der Waals surface area contributed by atoms with Gasteiger partial charge in [-0.25, -0.2) is 9.13 Å². The predicted octanol–water partition coefficient (Wildman–Crippen LogP) is 4.17. The molecule has 0 N–H and O–H groups in total. The second-order valence-corrected chi connectivity index (χ2v) is 8.79. The molecule has 0 fully saturated rings. The van der Waals surface area contributed by atoms with Gasteiger partial charge in [0.2, 0.25) is 0 Å². The van der Waals surface area contributed by atoms with Gasteiger partial charge in [0.25, 0.3) is 0 Å². The van der Waals surface area contributed by atoms with Gasteiger partial charge in [0.05, 0.1) is 0 Å². The van der Waals surface area contributed by atoms with E-state index in [9.17, 15) is 0 Å². The van der Waals surface area contributed by atoms with Crippen LogP contribution in [0.5, 0.6) is 0 Å². The molecule has 104 valence electrons. The second-order valence-electron chi connectivity index (χ2n) is 4.14. The lowest BCUT2D eigenvalue weighted by Crippen LogP contribution is -2.28. The topological polar surface area (TPSA) is 32.5 Å². The number of halogens is 4. The summed E-state index contributed by atoms with van der Waals surface area (Å²) in [4.78, 5) is 0. The van der Waals surface area contributed by atoms with E-state index in [0.29, 0.717) is 0 Å². The van der Waals surface area contributed by atoms with Crippen molar-refractivity contribution in [2.24, 2.45) is 24.3 Å². The molecular formula is C12H10I4N4+2. The van der Waals surface area contributed by atoms with Crippen LogP contribution in [0.1, 0.15) is 0 Å². The molecule has 0 unspecified atom stereocenters. The number of hydrogen-bond donors (Lipinski definition) is 0. The fourth-order valence-electron chi connectivity index (χ4n) is 1.55. The third-order valence-corrected chi connectivity index (χ3v) is 5.58. The molecule has 0 spiro atoms. The van der Waals surface area contributed by atoms with Crippen LogP contribution in [0.3, 0.4) is 0 Å². The van der Waals surface area contributed by atoms with Gasteiger partial charge in [-0.05, 0) is 90.4 Å². The maximum absolute atomic E-state index is 4.45. The molecule has 2 aromatic heterocycles. The number of aryl methyl sites for hydroxylation is 2. The number of rotatable bonds is 2. The molecule has 0 aliphatic rings. The van der Waals surface area contributed by atoms with Crippen molar-refractivity contribution >= 4 is 102 Å². The van der Waals surface area contributed by atoms with Crippen molar-refractivity contribution in [3.63, 3.8) is 0 Å². The summed E-state index contributed by atoms with van der Waals surface area (Å²) in [6, 6.07) is 0. The Morgan fingerprint density at radius 2 is 0.900 bits per heavy atom. The van der Waals surface area contributed by atoms with Crippen molar-refractivity contribution in [3.05, 3.63) is 39.1 Å². The average Bonchev–Trinajstić information content (AvgIpc) is 2.30. The number of aromatic nitrogens is 2. The highest BCUT2D eigenvalue weighted by atomic mass is 127. The summed E-state index contributed by atoms with van der Waals surface area (Å²) in [7, 11) is 4.02. The Labute approximate surface area is 172 Å². The largest absolute Gasteiger partial charge is 0.206 e. The highest BCUT2D eigenvalue weighted by molar-refractivity contribution is 14.1. The number of hydrogen-bond acceptors (Lipinski definition) is 2. The van der Waals surface area contributed by atoms with Crippen LogP contribution >= 0.6 is 90.4 Å². The van der Waals surface area contributed by atoms with Gasteiger partial charge in [0, 0.05) is 0 Å². The third kappa shape index (κ3) is 4.18. The predicted molar refractivity (Wildman–Crippen MR) is 110 cm³/mol. The fraction of sp³-hybridized carbons (Fsp3) is 0.167. The van der Waals surface area contributed by atoms with E-state index < -0.39 is 0 Å². The highest BCUT2D eigenvalue weighted by Crippen LogP contribution is 2.31. The Morgan fingerprint density at radius 3 is 1.15 bits per heavy atom. The lowest BCUT2D eigenvalue weighted by atomic mass is 10.4. The Hall–Kier alpha value is 0.820. The van der Waals surface area contributed by atoms with Crippen LogP contribution in [-0.2, 0) is 14.1 Å². The lowest BCUT2D eigenvalue weighted by molar-refractivity contribution is -0.672. The van der Waals surface area contributed by atoms with Crippen LogP contribution in [0.25, 0.3) is 0 Å². The SMILES string of the molecule is C[n+]1cc(I)c(N=Nc2c(I)c[n+](C)cc2I)c(I)c1. The highest BCUT2D eigenvalue weighted by Gasteiger charge is 2.13. The first kappa shape index (κ1) is 17.2. The molecule has 0 radical (unpaired) electrons. The van der Waals surface area contributed by atoms with Crippen molar-refractivity contribution < 1.29 is 9.13 Å². The normalized spacial score (nSPS) is 11.3. The van der Waals surface area contributed by atoms with Crippen LogP contribution < -0.4 is 9.13 Å². The standard InChI is InChI=1S/C12H10I4N4/c1-19-3-7(13)11(8(14)4-19)17-18-12-9(15)5-20(2)6-10(12)16/h3-6H,1-2H3/q+2. The lowest BCUT2D eigenvalue weighted by Gasteiger charge is -2.01. The van der Waals surface area contributed by atoms with Crippen LogP contribution in [0.4, 0.5) is 11.4 Å². The molecule has 20 heavy (non-hydrogen) atoms. The summed E-state index contributed by atoms with van der Waals surface area (Å²) in [6.07, 6.45) is 8.16. The van der Waals surface area contributed by atoms with Crippen LogP contribution in [0, 0.1) is 14.3 Å². The van der Waals surface area contributed by atoms with Gasteiger partial charge in [0.15, 0.2) is 24.8 Å². The molecule has 8 heteroatoms. The Morgan fingerprint density at radius 1 is 0.650 bits per heavy atom. The molecular weight excluding hydrogens is 708 g/mol. The van der Waals surface area contributed by atoms with Crippen LogP contribution in [-0.4, -0.2) is 0 Å².